The van der Waals surface area contributed by atoms with Crippen LogP contribution in [0.3, 0.4) is 0 Å². The van der Waals surface area contributed by atoms with E-state index < -0.39 is 4.92 Å². The van der Waals surface area contributed by atoms with Crippen LogP contribution in [0, 0.1) is 24.0 Å². The first kappa shape index (κ1) is 19.8. The first-order chi connectivity index (χ1) is 13.4. The maximum absolute atomic E-state index is 12.5. The number of hydrogen-bond acceptors (Lipinski definition) is 4. The number of carbonyl (C=O) groups is 1. The SMILES string of the molecule is Cc1ccc(CN2CCCN(C(=O)Nc3ccc([N+](=O)[O-])cc3)CC2)cc1C. The van der Waals surface area contributed by atoms with Crippen LogP contribution in [-0.4, -0.2) is 46.9 Å². The van der Waals surface area contributed by atoms with E-state index in [0.717, 1.165) is 26.1 Å². The first-order valence-corrected chi connectivity index (χ1v) is 9.51. The van der Waals surface area contributed by atoms with E-state index in [1.165, 1.54) is 28.8 Å². The van der Waals surface area contributed by atoms with E-state index in [1.807, 2.05) is 4.90 Å². The Kier molecular flexibility index (Phi) is 6.26. The molecule has 1 fully saturated rings. The standard InChI is InChI=1S/C21H26N4O3/c1-16-4-5-18(14-17(16)2)15-23-10-3-11-24(13-12-23)21(26)22-19-6-8-20(9-7-19)25(27)28/h4-9,14H,3,10-13,15H2,1-2H3,(H,22,26). The average Bonchev–Trinajstić information content (AvgIpc) is 2.91. The highest BCUT2D eigenvalue weighted by molar-refractivity contribution is 5.89. The van der Waals surface area contributed by atoms with Gasteiger partial charge in [-0.2, -0.15) is 0 Å². The molecule has 1 saturated heterocycles. The molecule has 0 atom stereocenters. The molecule has 148 valence electrons. The lowest BCUT2D eigenvalue weighted by atomic mass is 10.1. The van der Waals surface area contributed by atoms with Crippen molar-refractivity contribution in [2.75, 3.05) is 31.5 Å². The quantitative estimate of drug-likeness (QED) is 0.641. The number of nitrogens with one attached hydrogen (secondary N) is 1. The van der Waals surface area contributed by atoms with Gasteiger partial charge in [-0.15, -0.1) is 0 Å². The molecule has 2 aromatic carbocycles. The minimum Gasteiger partial charge on any atom is -0.323 e. The molecule has 7 nitrogen and oxygen atoms in total. The van der Waals surface area contributed by atoms with E-state index >= 15 is 0 Å². The number of nitrogens with zero attached hydrogens (tertiary/aromatic N) is 3. The van der Waals surface area contributed by atoms with Crippen molar-refractivity contribution in [1.29, 1.82) is 0 Å². The van der Waals surface area contributed by atoms with Gasteiger partial charge in [-0.3, -0.25) is 15.0 Å². The van der Waals surface area contributed by atoms with Gasteiger partial charge < -0.3 is 10.2 Å². The molecule has 1 aliphatic heterocycles. The Morgan fingerprint density at radius 2 is 1.79 bits per heavy atom. The van der Waals surface area contributed by atoms with Crippen molar-refractivity contribution in [3.8, 4) is 0 Å². The van der Waals surface area contributed by atoms with Crippen molar-refractivity contribution in [2.24, 2.45) is 0 Å². The third-order valence-corrected chi connectivity index (χ3v) is 5.18. The molecule has 3 rings (SSSR count). The molecule has 1 N–H and O–H groups in total. The lowest BCUT2D eigenvalue weighted by molar-refractivity contribution is -0.384. The highest BCUT2D eigenvalue weighted by atomic mass is 16.6. The predicted molar refractivity (Wildman–Crippen MR) is 109 cm³/mol. The Morgan fingerprint density at radius 1 is 1.04 bits per heavy atom. The summed E-state index contributed by atoms with van der Waals surface area (Å²) < 4.78 is 0. The number of nitro groups is 1. The fourth-order valence-corrected chi connectivity index (χ4v) is 3.36. The van der Waals surface area contributed by atoms with E-state index in [9.17, 15) is 14.9 Å². The minimum absolute atomic E-state index is 0.00903. The number of aryl methyl sites for hydroxylation is 2. The van der Waals surface area contributed by atoms with Crippen LogP contribution in [-0.2, 0) is 6.54 Å². The number of hydrogen-bond donors (Lipinski definition) is 1. The number of urea groups is 1. The van der Waals surface area contributed by atoms with Gasteiger partial charge in [0.25, 0.3) is 5.69 Å². The van der Waals surface area contributed by atoms with E-state index in [1.54, 1.807) is 12.1 Å². The highest BCUT2D eigenvalue weighted by Gasteiger charge is 2.19. The van der Waals surface area contributed by atoms with E-state index in [2.05, 4.69) is 42.3 Å². The Labute approximate surface area is 165 Å². The van der Waals surface area contributed by atoms with Gasteiger partial charge in [0.2, 0.25) is 0 Å². The average molecular weight is 382 g/mol. The lowest BCUT2D eigenvalue weighted by Gasteiger charge is -2.22. The van der Waals surface area contributed by atoms with Gasteiger partial charge in [0, 0.05) is 50.5 Å². The predicted octanol–water partition coefficient (Wildman–Crippen LogP) is 3.95. The van der Waals surface area contributed by atoms with Crippen LogP contribution in [0.15, 0.2) is 42.5 Å². The van der Waals surface area contributed by atoms with Crippen LogP contribution in [0.25, 0.3) is 0 Å². The first-order valence-electron chi connectivity index (χ1n) is 9.51. The van der Waals surface area contributed by atoms with Crippen molar-refractivity contribution in [1.82, 2.24) is 9.80 Å². The van der Waals surface area contributed by atoms with Gasteiger partial charge >= 0.3 is 6.03 Å². The molecule has 0 unspecified atom stereocenters. The third-order valence-electron chi connectivity index (χ3n) is 5.18. The van der Waals surface area contributed by atoms with Gasteiger partial charge in [0.05, 0.1) is 4.92 Å². The number of rotatable bonds is 4. The molecule has 1 aliphatic rings. The van der Waals surface area contributed by atoms with Crippen LogP contribution >= 0.6 is 0 Å². The third kappa shape index (κ3) is 5.07. The molecule has 0 bridgehead atoms. The zero-order chi connectivity index (χ0) is 20.1. The summed E-state index contributed by atoms with van der Waals surface area (Å²) in [6.45, 7) is 8.26. The largest absolute Gasteiger partial charge is 0.323 e. The van der Waals surface area contributed by atoms with Crippen LogP contribution in [0.2, 0.25) is 0 Å². The van der Waals surface area contributed by atoms with Gasteiger partial charge in [0.15, 0.2) is 0 Å². The van der Waals surface area contributed by atoms with Crippen LogP contribution < -0.4 is 5.32 Å². The molecular formula is C21H26N4O3. The smallest absolute Gasteiger partial charge is 0.321 e. The van der Waals surface area contributed by atoms with Crippen molar-refractivity contribution in [3.05, 3.63) is 69.3 Å². The second kappa shape index (κ2) is 8.84. The summed E-state index contributed by atoms with van der Waals surface area (Å²) in [6.07, 6.45) is 0.915. The van der Waals surface area contributed by atoms with E-state index in [4.69, 9.17) is 0 Å². The van der Waals surface area contributed by atoms with Crippen LogP contribution in [0.1, 0.15) is 23.1 Å². The zero-order valence-corrected chi connectivity index (χ0v) is 16.4. The number of amides is 2. The minimum atomic E-state index is -0.454. The molecular weight excluding hydrogens is 356 g/mol. The molecule has 0 saturated carbocycles. The molecule has 1 heterocycles. The fourth-order valence-electron chi connectivity index (χ4n) is 3.36. The summed E-state index contributed by atoms with van der Waals surface area (Å²) in [7, 11) is 0. The number of non-ortho nitro benzene ring substituents is 1. The monoisotopic (exact) mass is 382 g/mol. The molecule has 7 heteroatoms. The van der Waals surface area contributed by atoms with E-state index in [-0.39, 0.29) is 11.7 Å². The summed E-state index contributed by atoms with van der Waals surface area (Å²) in [4.78, 5) is 27.0. The lowest BCUT2D eigenvalue weighted by Crippen LogP contribution is -2.38. The van der Waals surface area contributed by atoms with Gasteiger partial charge in [-0.25, -0.2) is 4.79 Å². The summed E-state index contributed by atoms with van der Waals surface area (Å²) in [5, 5.41) is 13.6. The molecule has 2 aromatic rings. The summed E-state index contributed by atoms with van der Waals surface area (Å²) in [6, 6.07) is 12.3. The van der Waals surface area contributed by atoms with Gasteiger partial charge in [-0.05, 0) is 49.1 Å². The molecule has 0 radical (unpaired) electrons. The van der Waals surface area contributed by atoms with Crippen molar-refractivity contribution < 1.29 is 9.72 Å². The second-order valence-corrected chi connectivity index (χ2v) is 7.27. The maximum atomic E-state index is 12.5. The highest BCUT2D eigenvalue weighted by Crippen LogP contribution is 2.17. The Balaban J connectivity index is 1.54. The van der Waals surface area contributed by atoms with Crippen molar-refractivity contribution in [3.63, 3.8) is 0 Å². The molecule has 0 aliphatic carbocycles. The summed E-state index contributed by atoms with van der Waals surface area (Å²) in [5.74, 6) is 0. The normalized spacial score (nSPS) is 15.1. The van der Waals surface area contributed by atoms with E-state index in [0.29, 0.717) is 18.8 Å². The Bertz CT molecular complexity index is 851. The second-order valence-electron chi connectivity index (χ2n) is 7.27. The van der Waals surface area contributed by atoms with Crippen molar-refractivity contribution in [2.45, 2.75) is 26.8 Å². The number of carbonyl (C=O) groups excluding carboxylic acids is 1. The van der Waals surface area contributed by atoms with Crippen LogP contribution in [0.4, 0.5) is 16.2 Å². The summed E-state index contributed by atoms with van der Waals surface area (Å²) in [5.41, 5.74) is 4.47. The maximum Gasteiger partial charge on any atom is 0.321 e. The molecule has 28 heavy (non-hydrogen) atoms. The van der Waals surface area contributed by atoms with Gasteiger partial charge in [0.1, 0.15) is 0 Å². The number of anilines is 1. The molecule has 0 spiro atoms. The molecule has 2 amide bonds. The molecule has 0 aromatic heterocycles. The topological polar surface area (TPSA) is 78.7 Å². The number of benzene rings is 2. The Hall–Kier alpha value is -2.93. The zero-order valence-electron chi connectivity index (χ0n) is 16.4. The van der Waals surface area contributed by atoms with Crippen molar-refractivity contribution >= 4 is 17.4 Å². The van der Waals surface area contributed by atoms with Gasteiger partial charge in [-0.1, -0.05) is 18.2 Å². The summed E-state index contributed by atoms with van der Waals surface area (Å²) >= 11 is 0. The van der Waals surface area contributed by atoms with Crippen LogP contribution in [0.5, 0.6) is 0 Å². The number of nitro benzene ring substituents is 1. The fraction of sp³-hybridized carbons (Fsp3) is 0.381. The Morgan fingerprint density at radius 3 is 2.46 bits per heavy atom.